The molecular formula is C12H15NO. The Bertz CT molecular complexity index is 282. The summed E-state index contributed by atoms with van der Waals surface area (Å²) in [6, 6.07) is 10.1. The average molecular weight is 189 g/mol. The van der Waals surface area contributed by atoms with Crippen LogP contribution in [0.25, 0.3) is 0 Å². The highest BCUT2D eigenvalue weighted by Crippen LogP contribution is 2.18. The Morgan fingerprint density at radius 1 is 1.36 bits per heavy atom. The molecule has 0 bridgehead atoms. The molecule has 1 aromatic rings. The zero-order chi connectivity index (χ0) is 10.2. The van der Waals surface area contributed by atoms with Crippen LogP contribution in [0, 0.1) is 0 Å². The van der Waals surface area contributed by atoms with Gasteiger partial charge in [-0.25, -0.2) is 0 Å². The molecule has 0 aliphatic rings. The molecule has 0 radical (unpaired) electrons. The second-order valence-electron chi connectivity index (χ2n) is 3.16. The smallest absolute Gasteiger partial charge is 0.207 e. The van der Waals surface area contributed by atoms with E-state index in [0.29, 0.717) is 12.5 Å². The first kappa shape index (κ1) is 10.5. The molecule has 0 saturated carbocycles. The van der Waals surface area contributed by atoms with Crippen LogP contribution >= 0.6 is 0 Å². The van der Waals surface area contributed by atoms with E-state index in [1.165, 1.54) is 5.56 Å². The lowest BCUT2D eigenvalue weighted by molar-refractivity contribution is -0.109. The van der Waals surface area contributed by atoms with E-state index in [4.69, 9.17) is 0 Å². The van der Waals surface area contributed by atoms with Crippen molar-refractivity contribution in [3.8, 4) is 0 Å². The van der Waals surface area contributed by atoms with Gasteiger partial charge in [0.15, 0.2) is 0 Å². The molecule has 1 amide bonds. The molecule has 0 saturated heterocycles. The van der Waals surface area contributed by atoms with Crippen molar-refractivity contribution in [2.45, 2.75) is 12.3 Å². The lowest BCUT2D eigenvalue weighted by atomic mass is 9.96. The van der Waals surface area contributed by atoms with Gasteiger partial charge < -0.3 is 5.32 Å². The predicted molar refractivity (Wildman–Crippen MR) is 58.1 cm³/mol. The maximum atomic E-state index is 10.2. The van der Waals surface area contributed by atoms with Gasteiger partial charge in [0.1, 0.15) is 0 Å². The first-order valence-electron chi connectivity index (χ1n) is 4.71. The third kappa shape index (κ3) is 3.05. The van der Waals surface area contributed by atoms with Gasteiger partial charge in [0, 0.05) is 12.5 Å². The van der Waals surface area contributed by atoms with Crippen LogP contribution in [0.5, 0.6) is 0 Å². The Morgan fingerprint density at radius 3 is 2.64 bits per heavy atom. The van der Waals surface area contributed by atoms with Gasteiger partial charge in [-0.3, -0.25) is 4.79 Å². The summed E-state index contributed by atoms with van der Waals surface area (Å²) in [5, 5.41) is 2.70. The van der Waals surface area contributed by atoms with Crippen LogP contribution in [0.15, 0.2) is 43.0 Å². The average Bonchev–Trinajstić information content (AvgIpc) is 2.25. The van der Waals surface area contributed by atoms with Crippen molar-refractivity contribution in [3.63, 3.8) is 0 Å². The van der Waals surface area contributed by atoms with Crippen LogP contribution in [-0.4, -0.2) is 13.0 Å². The lowest BCUT2D eigenvalue weighted by Gasteiger charge is -2.14. The fraction of sp³-hybridized carbons (Fsp3) is 0.250. The van der Waals surface area contributed by atoms with Gasteiger partial charge >= 0.3 is 0 Å². The second-order valence-corrected chi connectivity index (χ2v) is 3.16. The van der Waals surface area contributed by atoms with E-state index in [2.05, 4.69) is 24.0 Å². The summed E-state index contributed by atoms with van der Waals surface area (Å²) < 4.78 is 0. The van der Waals surface area contributed by atoms with Gasteiger partial charge in [-0.15, -0.1) is 6.58 Å². The van der Waals surface area contributed by atoms with Crippen molar-refractivity contribution in [2.75, 3.05) is 6.54 Å². The fourth-order valence-corrected chi connectivity index (χ4v) is 1.45. The van der Waals surface area contributed by atoms with Crippen molar-refractivity contribution >= 4 is 6.41 Å². The molecule has 14 heavy (non-hydrogen) atoms. The minimum atomic E-state index is 0.332. The highest BCUT2D eigenvalue weighted by molar-refractivity contribution is 5.46. The summed E-state index contributed by atoms with van der Waals surface area (Å²) >= 11 is 0. The summed E-state index contributed by atoms with van der Waals surface area (Å²) in [4.78, 5) is 10.2. The molecule has 0 aromatic heterocycles. The lowest BCUT2D eigenvalue weighted by Crippen LogP contribution is -2.19. The Labute approximate surface area is 84.6 Å². The monoisotopic (exact) mass is 189 g/mol. The first-order chi connectivity index (χ1) is 6.88. The maximum Gasteiger partial charge on any atom is 0.207 e. The third-order valence-corrected chi connectivity index (χ3v) is 2.17. The van der Waals surface area contributed by atoms with Gasteiger partial charge in [-0.05, 0) is 12.0 Å². The summed E-state index contributed by atoms with van der Waals surface area (Å²) in [7, 11) is 0. The molecule has 1 N–H and O–H groups in total. The summed E-state index contributed by atoms with van der Waals surface area (Å²) in [6.45, 7) is 4.38. The molecule has 74 valence electrons. The molecule has 1 unspecified atom stereocenters. The van der Waals surface area contributed by atoms with Crippen molar-refractivity contribution in [1.29, 1.82) is 0 Å². The van der Waals surface area contributed by atoms with Gasteiger partial charge in [0.05, 0.1) is 0 Å². The van der Waals surface area contributed by atoms with Crippen molar-refractivity contribution in [1.82, 2.24) is 5.32 Å². The van der Waals surface area contributed by atoms with Crippen LogP contribution in [-0.2, 0) is 4.79 Å². The molecule has 1 aromatic carbocycles. The zero-order valence-corrected chi connectivity index (χ0v) is 8.15. The Balaban J connectivity index is 2.66. The zero-order valence-electron chi connectivity index (χ0n) is 8.15. The van der Waals surface area contributed by atoms with Gasteiger partial charge in [0.25, 0.3) is 0 Å². The Kier molecular flexibility index (Phi) is 4.48. The number of allylic oxidation sites excluding steroid dienone is 1. The second kappa shape index (κ2) is 5.97. The van der Waals surface area contributed by atoms with E-state index in [1.807, 2.05) is 24.3 Å². The Morgan fingerprint density at radius 2 is 2.07 bits per heavy atom. The van der Waals surface area contributed by atoms with E-state index in [9.17, 15) is 4.79 Å². The van der Waals surface area contributed by atoms with Crippen LogP contribution in [0.4, 0.5) is 0 Å². The number of carbonyl (C=O) groups excluding carboxylic acids is 1. The first-order valence-corrected chi connectivity index (χ1v) is 4.71. The van der Waals surface area contributed by atoms with E-state index >= 15 is 0 Å². The molecule has 0 aliphatic carbocycles. The number of carbonyl (C=O) groups is 1. The largest absolute Gasteiger partial charge is 0.358 e. The SMILES string of the molecule is C=CCC(CNC=O)c1ccccc1. The molecule has 2 nitrogen and oxygen atoms in total. The molecule has 0 aliphatic heterocycles. The van der Waals surface area contributed by atoms with Crippen LogP contribution in [0.3, 0.4) is 0 Å². The van der Waals surface area contributed by atoms with Crippen LogP contribution < -0.4 is 5.32 Å². The summed E-state index contributed by atoms with van der Waals surface area (Å²) in [5.74, 6) is 0.332. The highest BCUT2D eigenvalue weighted by atomic mass is 16.1. The van der Waals surface area contributed by atoms with Crippen molar-refractivity contribution in [2.24, 2.45) is 0 Å². The number of amides is 1. The standard InChI is InChI=1S/C12H15NO/c1-2-6-12(9-13-10-14)11-7-4-3-5-8-11/h2-5,7-8,10,12H,1,6,9H2,(H,13,14). The number of rotatable bonds is 6. The summed E-state index contributed by atoms with van der Waals surface area (Å²) in [6.07, 6.45) is 3.49. The molecule has 1 atom stereocenters. The Hall–Kier alpha value is -1.57. The number of nitrogens with one attached hydrogen (secondary N) is 1. The van der Waals surface area contributed by atoms with Gasteiger partial charge in [-0.2, -0.15) is 0 Å². The van der Waals surface area contributed by atoms with Crippen molar-refractivity contribution < 1.29 is 4.79 Å². The predicted octanol–water partition coefficient (Wildman–Crippen LogP) is 2.09. The third-order valence-electron chi connectivity index (χ3n) is 2.17. The van der Waals surface area contributed by atoms with E-state index < -0.39 is 0 Å². The van der Waals surface area contributed by atoms with E-state index in [0.717, 1.165) is 12.8 Å². The maximum absolute atomic E-state index is 10.2. The molecule has 0 fully saturated rings. The highest BCUT2D eigenvalue weighted by Gasteiger charge is 2.07. The molecular weight excluding hydrogens is 174 g/mol. The molecule has 0 spiro atoms. The van der Waals surface area contributed by atoms with E-state index in [1.54, 1.807) is 0 Å². The molecule has 2 heteroatoms. The topological polar surface area (TPSA) is 29.1 Å². The number of hydrogen-bond acceptors (Lipinski definition) is 1. The normalized spacial score (nSPS) is 11.7. The minimum Gasteiger partial charge on any atom is -0.358 e. The summed E-state index contributed by atoms with van der Waals surface area (Å²) in [5.41, 5.74) is 1.24. The van der Waals surface area contributed by atoms with Crippen LogP contribution in [0.2, 0.25) is 0 Å². The number of benzene rings is 1. The molecule has 0 heterocycles. The van der Waals surface area contributed by atoms with Gasteiger partial charge in [0.2, 0.25) is 6.41 Å². The minimum absolute atomic E-state index is 0.332. The van der Waals surface area contributed by atoms with Crippen LogP contribution in [0.1, 0.15) is 17.9 Å². The van der Waals surface area contributed by atoms with E-state index in [-0.39, 0.29) is 0 Å². The molecule has 1 rings (SSSR count). The van der Waals surface area contributed by atoms with Gasteiger partial charge in [-0.1, -0.05) is 36.4 Å². The van der Waals surface area contributed by atoms with Crippen molar-refractivity contribution in [3.05, 3.63) is 48.6 Å². The quantitative estimate of drug-likeness (QED) is 0.539. The fourth-order valence-electron chi connectivity index (χ4n) is 1.45. The number of hydrogen-bond donors (Lipinski definition) is 1.